The number of benzene rings is 1. The topological polar surface area (TPSA) is 73.5 Å². The predicted octanol–water partition coefficient (Wildman–Crippen LogP) is 2.64. The van der Waals surface area contributed by atoms with Gasteiger partial charge in [0.05, 0.1) is 0 Å². The standard InChI is InChI=1S/C19H30N4O2S.2ClH/c1-3-23(4-2)10-8-21-19(25)15-6-5-7-16(12-15)22-18(24)13-17-14-26-11-9-20-17;;/h5-7,12,17,20H,3-4,8-11,13-14H2,1-2H3,(H,21,25)(H,22,24);2*1H. The second-order valence-corrected chi connectivity index (χ2v) is 7.49. The molecular formula is C19H32Cl2N4O2S. The first-order valence-corrected chi connectivity index (χ1v) is 10.5. The van der Waals surface area contributed by atoms with Crippen LogP contribution in [-0.2, 0) is 4.79 Å². The maximum Gasteiger partial charge on any atom is 0.251 e. The lowest BCUT2D eigenvalue weighted by Crippen LogP contribution is -2.39. The summed E-state index contributed by atoms with van der Waals surface area (Å²) in [5.41, 5.74) is 1.23. The summed E-state index contributed by atoms with van der Waals surface area (Å²) in [5, 5.41) is 9.20. The number of hydrogen-bond donors (Lipinski definition) is 3. The summed E-state index contributed by atoms with van der Waals surface area (Å²) >= 11 is 1.87. The summed E-state index contributed by atoms with van der Waals surface area (Å²) < 4.78 is 0. The molecular weight excluding hydrogens is 419 g/mol. The van der Waals surface area contributed by atoms with Gasteiger partial charge in [-0.15, -0.1) is 24.8 Å². The number of thioether (sulfide) groups is 1. The molecule has 1 aliphatic heterocycles. The van der Waals surface area contributed by atoms with Gasteiger partial charge in [-0.3, -0.25) is 9.59 Å². The molecule has 0 spiro atoms. The Morgan fingerprint density at radius 3 is 2.64 bits per heavy atom. The van der Waals surface area contributed by atoms with Crippen LogP contribution in [0.4, 0.5) is 5.69 Å². The highest BCUT2D eigenvalue weighted by Gasteiger charge is 2.17. The number of hydrogen-bond acceptors (Lipinski definition) is 5. The van der Waals surface area contributed by atoms with Crippen LogP contribution in [0.15, 0.2) is 24.3 Å². The van der Waals surface area contributed by atoms with Crippen LogP contribution in [0.5, 0.6) is 0 Å². The van der Waals surface area contributed by atoms with Crippen molar-refractivity contribution in [3.05, 3.63) is 29.8 Å². The third-order valence-electron chi connectivity index (χ3n) is 4.45. The molecule has 1 unspecified atom stereocenters. The molecule has 1 aromatic carbocycles. The van der Waals surface area contributed by atoms with E-state index < -0.39 is 0 Å². The quantitative estimate of drug-likeness (QED) is 0.539. The maximum atomic E-state index is 12.3. The van der Waals surface area contributed by atoms with Crippen LogP contribution in [0.25, 0.3) is 0 Å². The molecule has 1 aliphatic rings. The summed E-state index contributed by atoms with van der Waals surface area (Å²) in [6.07, 6.45) is 0.452. The number of rotatable bonds is 9. The number of nitrogens with one attached hydrogen (secondary N) is 3. The molecule has 0 saturated carbocycles. The monoisotopic (exact) mass is 450 g/mol. The lowest BCUT2D eigenvalue weighted by molar-refractivity contribution is -0.116. The minimum absolute atomic E-state index is 0. The van der Waals surface area contributed by atoms with E-state index in [-0.39, 0.29) is 42.7 Å². The fourth-order valence-electron chi connectivity index (χ4n) is 2.89. The first-order chi connectivity index (χ1) is 12.6. The molecule has 1 saturated heterocycles. The van der Waals surface area contributed by atoms with E-state index in [0.29, 0.717) is 24.2 Å². The molecule has 1 heterocycles. The molecule has 0 radical (unpaired) electrons. The third-order valence-corrected chi connectivity index (χ3v) is 5.58. The highest BCUT2D eigenvalue weighted by Crippen LogP contribution is 2.14. The summed E-state index contributed by atoms with van der Waals surface area (Å²) in [6, 6.07) is 7.33. The molecule has 0 aliphatic carbocycles. The van der Waals surface area contributed by atoms with Gasteiger partial charge >= 0.3 is 0 Å². The fourth-order valence-corrected chi connectivity index (χ4v) is 3.84. The number of halogens is 2. The van der Waals surface area contributed by atoms with Gasteiger partial charge in [0.15, 0.2) is 0 Å². The Labute approximate surface area is 184 Å². The Hall–Kier alpha value is -0.990. The molecule has 0 aromatic heterocycles. The Morgan fingerprint density at radius 1 is 1.25 bits per heavy atom. The van der Waals surface area contributed by atoms with Gasteiger partial charge in [-0.2, -0.15) is 11.8 Å². The second kappa shape index (κ2) is 14.9. The summed E-state index contributed by atoms with van der Waals surface area (Å²) in [5.74, 6) is 1.93. The van der Waals surface area contributed by atoms with E-state index in [2.05, 4.69) is 34.7 Å². The van der Waals surface area contributed by atoms with Crippen molar-refractivity contribution < 1.29 is 9.59 Å². The van der Waals surface area contributed by atoms with Crippen LogP contribution < -0.4 is 16.0 Å². The Morgan fingerprint density at radius 2 is 2.00 bits per heavy atom. The first kappa shape index (κ1) is 27.0. The van der Waals surface area contributed by atoms with Crippen LogP contribution in [0.1, 0.15) is 30.6 Å². The molecule has 2 rings (SSSR count). The molecule has 160 valence electrons. The average Bonchev–Trinajstić information content (AvgIpc) is 2.66. The van der Waals surface area contributed by atoms with Crippen LogP contribution in [0, 0.1) is 0 Å². The van der Waals surface area contributed by atoms with E-state index in [1.165, 1.54) is 0 Å². The van der Waals surface area contributed by atoms with Crippen LogP contribution in [0.3, 0.4) is 0 Å². The van der Waals surface area contributed by atoms with Gasteiger partial charge < -0.3 is 20.9 Å². The Balaban J connectivity index is 0.00000364. The maximum absolute atomic E-state index is 12.3. The summed E-state index contributed by atoms with van der Waals surface area (Å²) in [6.45, 7) is 8.57. The Kier molecular flexibility index (Phi) is 14.4. The molecule has 9 heteroatoms. The predicted molar refractivity (Wildman–Crippen MR) is 123 cm³/mol. The summed E-state index contributed by atoms with van der Waals surface area (Å²) in [4.78, 5) is 26.8. The van der Waals surface area contributed by atoms with E-state index in [1.54, 1.807) is 18.2 Å². The number of amides is 2. The molecule has 1 atom stereocenters. The van der Waals surface area contributed by atoms with Gasteiger partial charge in [0, 0.05) is 54.9 Å². The second-order valence-electron chi connectivity index (χ2n) is 6.34. The van der Waals surface area contributed by atoms with Gasteiger partial charge in [0.2, 0.25) is 5.91 Å². The average molecular weight is 451 g/mol. The molecule has 1 fully saturated rings. The highest BCUT2D eigenvalue weighted by molar-refractivity contribution is 7.99. The minimum Gasteiger partial charge on any atom is -0.351 e. The molecule has 28 heavy (non-hydrogen) atoms. The zero-order valence-corrected chi connectivity index (χ0v) is 19.0. The smallest absolute Gasteiger partial charge is 0.251 e. The SMILES string of the molecule is CCN(CC)CCNC(=O)c1cccc(NC(=O)CC2CSCCN2)c1.Cl.Cl. The van der Waals surface area contributed by atoms with E-state index in [4.69, 9.17) is 0 Å². The van der Waals surface area contributed by atoms with Gasteiger partial charge in [0.1, 0.15) is 0 Å². The lowest BCUT2D eigenvalue weighted by Gasteiger charge is -2.22. The largest absolute Gasteiger partial charge is 0.351 e. The number of anilines is 1. The number of likely N-dealkylation sites (N-methyl/N-ethyl adjacent to an activating group) is 1. The zero-order valence-electron chi connectivity index (χ0n) is 16.5. The van der Waals surface area contributed by atoms with Crippen molar-refractivity contribution in [1.29, 1.82) is 0 Å². The van der Waals surface area contributed by atoms with Crippen molar-refractivity contribution in [2.45, 2.75) is 26.3 Å². The normalized spacial score (nSPS) is 15.9. The molecule has 1 aromatic rings. The molecule has 6 nitrogen and oxygen atoms in total. The van der Waals surface area contributed by atoms with Crippen molar-refractivity contribution in [2.75, 3.05) is 49.5 Å². The van der Waals surface area contributed by atoms with Crippen LogP contribution >= 0.6 is 36.6 Å². The first-order valence-electron chi connectivity index (χ1n) is 9.34. The number of carbonyl (C=O) groups is 2. The number of nitrogens with zero attached hydrogens (tertiary/aromatic N) is 1. The minimum atomic E-state index is -0.112. The van der Waals surface area contributed by atoms with Crippen molar-refractivity contribution in [3.63, 3.8) is 0 Å². The van der Waals surface area contributed by atoms with Gasteiger partial charge in [-0.05, 0) is 31.3 Å². The van der Waals surface area contributed by atoms with Crippen molar-refractivity contribution in [2.24, 2.45) is 0 Å². The highest BCUT2D eigenvalue weighted by atomic mass is 35.5. The number of carbonyl (C=O) groups excluding carboxylic acids is 2. The van der Waals surface area contributed by atoms with Gasteiger partial charge in [-0.25, -0.2) is 0 Å². The van der Waals surface area contributed by atoms with Crippen LogP contribution in [0.2, 0.25) is 0 Å². The zero-order chi connectivity index (χ0) is 18.8. The third kappa shape index (κ3) is 9.47. The van der Waals surface area contributed by atoms with Gasteiger partial charge in [0.25, 0.3) is 5.91 Å². The summed E-state index contributed by atoms with van der Waals surface area (Å²) in [7, 11) is 0. The molecule has 2 amide bonds. The fraction of sp³-hybridized carbons (Fsp3) is 0.579. The Bertz CT molecular complexity index is 597. The van der Waals surface area contributed by atoms with Crippen LogP contribution in [-0.4, -0.2) is 67.0 Å². The van der Waals surface area contributed by atoms with Crippen molar-refractivity contribution in [1.82, 2.24) is 15.5 Å². The van der Waals surface area contributed by atoms with E-state index in [1.807, 2.05) is 17.8 Å². The van der Waals surface area contributed by atoms with Crippen molar-refractivity contribution in [3.8, 4) is 0 Å². The molecule has 0 bridgehead atoms. The van der Waals surface area contributed by atoms with Crippen molar-refractivity contribution >= 4 is 54.1 Å². The lowest BCUT2D eigenvalue weighted by atomic mass is 10.1. The van der Waals surface area contributed by atoms with E-state index in [0.717, 1.165) is 37.7 Å². The molecule has 3 N–H and O–H groups in total. The van der Waals surface area contributed by atoms with E-state index >= 15 is 0 Å². The van der Waals surface area contributed by atoms with E-state index in [9.17, 15) is 9.59 Å². The van der Waals surface area contributed by atoms with Gasteiger partial charge in [-0.1, -0.05) is 19.9 Å².